The minimum Gasteiger partial charge on any atom is -0.480 e. The first-order chi connectivity index (χ1) is 69.0. The van der Waals surface area contributed by atoms with Crippen LogP contribution >= 0.6 is 76.1 Å². The number of Topliss-reactive ketones (excluding diaryl/α,β-unsaturated/α-hetero) is 4. The fourth-order valence-corrected chi connectivity index (χ4v) is 15.1. The van der Waals surface area contributed by atoms with Gasteiger partial charge in [-0.25, -0.2) is 103 Å². The zero-order valence-electron chi connectivity index (χ0n) is 78.6. The Labute approximate surface area is 870 Å². The van der Waals surface area contributed by atoms with Gasteiger partial charge in [0.15, 0.2) is 41.3 Å². The smallest absolute Gasteiger partial charge is 0.356 e. The average Bonchev–Trinajstić information content (AvgIpc) is 0.817. The summed E-state index contributed by atoms with van der Waals surface area (Å²) in [5.74, 6) is -9.47. The highest BCUT2D eigenvalue weighted by Crippen LogP contribution is 2.29. The van der Waals surface area contributed by atoms with Gasteiger partial charge in [-0.1, -0.05) is 101 Å². The number of aromatic carboxylic acids is 2. The summed E-state index contributed by atoms with van der Waals surface area (Å²) in [5.41, 5.74) is 16.9. The number of ketones is 4. The minimum absolute atomic E-state index is 0. The Balaban J connectivity index is 0.000000216. The molecule has 0 aliphatic heterocycles. The molecule has 0 radical (unpaired) electrons. The molecular formula is C102H93Br4ClN18O20. The van der Waals surface area contributed by atoms with Crippen LogP contribution in [-0.4, -0.2) is 228 Å². The van der Waals surface area contributed by atoms with Gasteiger partial charge in [-0.05, 0) is 245 Å². The maximum atomic E-state index is 12.8. The second-order valence-electron chi connectivity index (χ2n) is 30.8. The van der Waals surface area contributed by atoms with E-state index in [0.29, 0.717) is 106 Å². The van der Waals surface area contributed by atoms with Crippen molar-refractivity contribution in [2.75, 3.05) is 27.9 Å². The number of hydrogen-bond acceptors (Lipinski definition) is 34. The molecule has 14 heterocycles. The molecule has 0 spiro atoms. The van der Waals surface area contributed by atoms with Crippen LogP contribution in [0.5, 0.6) is 0 Å². The molecule has 38 nitrogen and oxygen atoms in total. The Morgan fingerprint density at radius 3 is 0.745 bits per heavy atom. The second kappa shape index (κ2) is 55.9. The third-order valence-electron chi connectivity index (χ3n) is 20.3. The van der Waals surface area contributed by atoms with Gasteiger partial charge in [0.2, 0.25) is 6.04 Å². The Hall–Kier alpha value is -15.4. The van der Waals surface area contributed by atoms with Gasteiger partial charge >= 0.3 is 47.8 Å². The number of hydrogen-bond donors (Lipinski definition) is 5. The zero-order chi connectivity index (χ0) is 104. The van der Waals surface area contributed by atoms with Crippen molar-refractivity contribution >= 4 is 147 Å². The van der Waals surface area contributed by atoms with Crippen LogP contribution in [0.4, 0.5) is 0 Å². The summed E-state index contributed by atoms with van der Waals surface area (Å²) in [4.78, 5) is 209. The summed E-state index contributed by atoms with van der Waals surface area (Å²) in [6, 6.07) is 67.8. The number of carboxylic acids is 4. The molecule has 0 saturated heterocycles. The highest BCUT2D eigenvalue weighted by atomic mass is 79.9. The highest BCUT2D eigenvalue weighted by molar-refractivity contribution is 9.11. The molecule has 14 aromatic heterocycles. The molecule has 43 heteroatoms. The number of methoxy groups -OCH3 is 3. The number of carbonyl (C=O) groups is 12. The molecule has 0 aliphatic carbocycles. The molecule has 3 unspecified atom stereocenters. The quantitative estimate of drug-likeness (QED) is 0.00608. The van der Waals surface area contributed by atoms with Crippen molar-refractivity contribution < 1.29 is 96.9 Å². The normalized spacial score (nSPS) is 11.3. The van der Waals surface area contributed by atoms with Crippen LogP contribution in [0, 0.1) is 0 Å². The molecule has 145 heavy (non-hydrogen) atoms. The van der Waals surface area contributed by atoms with Crippen molar-refractivity contribution in [3.8, 4) is 79.7 Å². The number of pyridine rings is 14. The van der Waals surface area contributed by atoms with Crippen LogP contribution in [0.2, 0.25) is 0 Å². The Morgan fingerprint density at radius 2 is 0.517 bits per heavy atom. The topological polar surface area (TPSA) is 539 Å². The molecule has 0 amide bonds. The SMILES string of the molecule is BrCc1cccc(-c2cccc(Br)n2)n1.CCOC(=O)c1cccc(-c2cccc(CN(Cc3cccc(-c4cccc(C(C)=O)n4)n3)C(C(C)=O)C(=O)OC)n2)n1.COC(=O)C(C(C)=O)N(Cc1cccc(-c2cccc(Br)n2)n1)Cc1cccc(-c2cccc(Br)n2)n1.COC(=O)C(N)C(C)=O.Cl.O=C(O)c1cccc(-c2cccc(CN(Cc3cccc(-c4cccc(C(=O)O)n4)n3)C(C(=O)O)C(=O)O)n2)n1. The van der Waals surface area contributed by atoms with Crippen molar-refractivity contribution in [3.05, 3.63) is 331 Å². The predicted molar refractivity (Wildman–Crippen MR) is 546 cm³/mol. The number of nitrogens with zero attached hydrogens (tertiary/aromatic N) is 17. The molecule has 3 atom stereocenters. The van der Waals surface area contributed by atoms with E-state index in [9.17, 15) is 78.0 Å². The van der Waals surface area contributed by atoms with Crippen LogP contribution in [0.1, 0.15) is 116 Å². The number of nitrogens with two attached hydrogens (primary N) is 1. The number of esters is 4. The molecule has 6 N–H and O–H groups in total. The molecule has 14 aromatic rings. The van der Waals surface area contributed by atoms with Crippen molar-refractivity contribution in [1.82, 2.24) is 84.5 Å². The van der Waals surface area contributed by atoms with E-state index in [4.69, 9.17) is 39.9 Å². The second-order valence-corrected chi connectivity index (χ2v) is 33.8. The first-order valence-corrected chi connectivity index (χ1v) is 46.9. The van der Waals surface area contributed by atoms with Gasteiger partial charge < -0.3 is 45.1 Å². The monoisotopic (exact) mass is 2240 g/mol. The van der Waals surface area contributed by atoms with Crippen LogP contribution in [0.25, 0.3) is 79.7 Å². The Bertz CT molecular complexity index is 6820. The summed E-state index contributed by atoms with van der Waals surface area (Å²) < 4.78 is 21.4. The van der Waals surface area contributed by atoms with Crippen molar-refractivity contribution in [3.63, 3.8) is 0 Å². The molecule has 0 aromatic carbocycles. The number of carbonyl (C=O) groups excluding carboxylic acids is 8. The van der Waals surface area contributed by atoms with Crippen molar-refractivity contribution in [1.29, 1.82) is 0 Å². The summed E-state index contributed by atoms with van der Waals surface area (Å²) >= 11 is 13.5. The van der Waals surface area contributed by atoms with E-state index in [1.807, 2.05) is 109 Å². The van der Waals surface area contributed by atoms with Crippen molar-refractivity contribution in [2.24, 2.45) is 5.73 Å². The van der Waals surface area contributed by atoms with E-state index < -0.39 is 77.7 Å². The van der Waals surface area contributed by atoms with Crippen LogP contribution in [0.3, 0.4) is 0 Å². The molecule has 746 valence electrons. The number of ether oxygens (including phenoxy) is 4. The lowest BCUT2D eigenvalue weighted by Gasteiger charge is -2.27. The lowest BCUT2D eigenvalue weighted by Crippen LogP contribution is -2.46. The first kappa shape index (κ1) is 113. The number of halogens is 5. The van der Waals surface area contributed by atoms with Crippen LogP contribution in [0.15, 0.2) is 269 Å². The van der Waals surface area contributed by atoms with Gasteiger partial charge in [0.25, 0.3) is 0 Å². The number of alkyl halides is 1. The lowest BCUT2D eigenvalue weighted by atomic mass is 10.1. The highest BCUT2D eigenvalue weighted by Gasteiger charge is 2.36. The maximum absolute atomic E-state index is 12.8. The Kier molecular flexibility index (Phi) is 43.6. The van der Waals surface area contributed by atoms with Gasteiger partial charge in [-0.2, -0.15) is 0 Å². The van der Waals surface area contributed by atoms with Gasteiger partial charge in [0.05, 0.1) is 148 Å². The zero-order valence-corrected chi connectivity index (χ0v) is 85.8. The van der Waals surface area contributed by atoms with Gasteiger partial charge in [0, 0.05) is 51.5 Å². The van der Waals surface area contributed by atoms with E-state index in [1.54, 1.807) is 138 Å². The maximum Gasteiger partial charge on any atom is 0.356 e. The van der Waals surface area contributed by atoms with Gasteiger partial charge in [-0.15, -0.1) is 12.4 Å². The number of carboxylic acid groups (broad SMARTS) is 4. The Morgan fingerprint density at radius 1 is 0.297 bits per heavy atom. The lowest BCUT2D eigenvalue weighted by molar-refractivity contribution is -0.158. The summed E-state index contributed by atoms with van der Waals surface area (Å²) in [6.07, 6.45) is 0. The van der Waals surface area contributed by atoms with Crippen LogP contribution in [-0.2, 0) is 102 Å². The van der Waals surface area contributed by atoms with E-state index in [-0.39, 0.29) is 104 Å². The molecule has 0 saturated carbocycles. The first-order valence-electron chi connectivity index (χ1n) is 43.4. The van der Waals surface area contributed by atoms with Gasteiger partial charge in [-0.3, -0.25) is 38.9 Å². The fraction of sp³-hybridized carbons (Fsp3) is 0.196. The standard InChI is InChI=1S/C32H31N5O6.C27H23Br2N5O3.C27H21N5O8.C11H8Br2N2.C5H9NO3.ClH/c1-5-43-31(40)29-17-9-16-28(36-29)26-14-7-11-23(34-26)19-37(30(21(3)39)32(41)42-4)18-22-10-6-13-25(33-22)27-15-8-12-24(35-27)20(2)38;1-17(35)26(27(36)37-2)34(15-18-7-3-9-20(30-18)22-11-5-13-24(28)32-22)16-19-8-4-10-21(31-19)23-12-6-14-25(29)33-23;33-24(34)21-11-3-9-19(30-21)17-7-1-5-15(28-17)13-32(23(26(37)38)27(39)40)14-16-6-2-8-18(29-16)20-10-4-12-22(31-20)25(35)36;12-7-8-3-1-4-9(14-8)10-5-2-6-11(13)15-10;1-3(7)4(6)5(8)9-2;/h6-17,30H,5,18-19H2,1-4H3;3-14,26H,15-16H2,1-2H3;1-12,23H,13-14H2,(H,33,34)(H,35,36)(H,37,38)(H,39,40);1-6H,7H2;4H,6H2,1-2H3;1H. The fourth-order valence-electron chi connectivity index (χ4n) is 13.7. The van der Waals surface area contributed by atoms with Crippen molar-refractivity contribution in [2.45, 2.75) is 103 Å². The number of aromatic nitrogens is 14. The van der Waals surface area contributed by atoms with Crippen LogP contribution < -0.4 is 5.73 Å². The average molecular weight is 2250 g/mol. The molecule has 0 fully saturated rings. The largest absolute Gasteiger partial charge is 0.480 e. The third kappa shape index (κ3) is 33.6. The molecular weight excluding hydrogens is 2150 g/mol. The van der Waals surface area contributed by atoms with E-state index in [1.165, 1.54) is 73.3 Å². The summed E-state index contributed by atoms with van der Waals surface area (Å²) in [5, 5.41) is 38.6. The number of aliphatic carboxylic acids is 2. The third-order valence-corrected chi connectivity index (χ3v) is 22.2. The summed E-state index contributed by atoms with van der Waals surface area (Å²) in [7, 11) is 3.68. The predicted octanol–water partition coefficient (Wildman–Crippen LogP) is 15.2. The van der Waals surface area contributed by atoms with E-state index >= 15 is 0 Å². The van der Waals surface area contributed by atoms with E-state index in [0.717, 1.165) is 31.9 Å². The molecule has 0 bridgehead atoms. The minimum atomic E-state index is -1.95. The van der Waals surface area contributed by atoms with E-state index in [2.05, 4.69) is 118 Å². The van der Waals surface area contributed by atoms with Gasteiger partial charge in [0.1, 0.15) is 36.6 Å². The summed E-state index contributed by atoms with van der Waals surface area (Å²) in [6.45, 7) is 7.51. The molecule has 0 aliphatic rings. The number of rotatable bonds is 36. The molecule has 14 rings (SSSR count).